The summed E-state index contributed by atoms with van der Waals surface area (Å²) in [7, 11) is -1.81. The molecule has 16 heavy (non-hydrogen) atoms. The van der Waals surface area contributed by atoms with Gasteiger partial charge in [0.05, 0.1) is 0 Å². The predicted octanol–water partition coefficient (Wildman–Crippen LogP) is 3.64. The number of amides is 1. The monoisotopic (exact) mass is 243 g/mol. The minimum absolute atomic E-state index is 0.167. The predicted molar refractivity (Wildman–Crippen MR) is 71.1 cm³/mol. The number of carbonyl (C=O) groups is 1. The third-order valence-electron chi connectivity index (χ3n) is 3.23. The van der Waals surface area contributed by atoms with E-state index < -0.39 is 8.32 Å². The number of hydrogen-bond acceptors (Lipinski definition) is 2. The van der Waals surface area contributed by atoms with Crippen LogP contribution in [0.1, 0.15) is 27.7 Å². The highest BCUT2D eigenvalue weighted by Crippen LogP contribution is 2.22. The number of hydrogen-bond donors (Lipinski definition) is 0. The lowest BCUT2D eigenvalue weighted by Gasteiger charge is -2.30. The molecule has 0 aliphatic heterocycles. The van der Waals surface area contributed by atoms with Crippen LogP contribution < -0.4 is 0 Å². The van der Waals surface area contributed by atoms with Crippen LogP contribution in [0.5, 0.6) is 0 Å². The minimum Gasteiger partial charge on any atom is -0.503 e. The molecular formula is C12H25NO2Si. The van der Waals surface area contributed by atoms with Crippen molar-refractivity contribution in [3.63, 3.8) is 0 Å². The van der Waals surface area contributed by atoms with Crippen molar-refractivity contribution in [3.05, 3.63) is 12.7 Å². The summed E-state index contributed by atoms with van der Waals surface area (Å²) in [6.45, 7) is 13.2. The van der Waals surface area contributed by atoms with Gasteiger partial charge in [0.2, 0.25) is 0 Å². The van der Waals surface area contributed by atoms with Gasteiger partial charge < -0.3 is 9.33 Å². The van der Waals surface area contributed by atoms with Crippen LogP contribution in [0.3, 0.4) is 0 Å². The quantitative estimate of drug-likeness (QED) is 0.505. The Morgan fingerprint density at radius 3 is 2.06 bits per heavy atom. The molecule has 0 atom stereocenters. The van der Waals surface area contributed by atoms with E-state index in [1.165, 1.54) is 0 Å². The number of likely N-dealkylation sites (N-methyl/N-ethyl adjacent to an activating group) is 1. The Morgan fingerprint density at radius 2 is 1.75 bits per heavy atom. The Kier molecular flexibility index (Phi) is 7.13. The first-order valence-corrected chi connectivity index (χ1v) is 8.70. The fourth-order valence-corrected chi connectivity index (χ4v) is 4.14. The second-order valence-electron chi connectivity index (χ2n) is 3.94. The maximum atomic E-state index is 11.9. The molecule has 0 rings (SSSR count). The van der Waals surface area contributed by atoms with Crippen LogP contribution in [0, 0.1) is 0 Å². The van der Waals surface area contributed by atoms with E-state index in [0.717, 1.165) is 18.1 Å². The SMILES string of the molecule is C=CCN(CC)C(=O)O[Si](CC)(CC)CC. The zero-order valence-electron chi connectivity index (χ0n) is 11.1. The van der Waals surface area contributed by atoms with E-state index in [-0.39, 0.29) is 6.09 Å². The van der Waals surface area contributed by atoms with Gasteiger partial charge in [0.1, 0.15) is 0 Å². The molecule has 1 amide bonds. The molecule has 0 spiro atoms. The van der Waals surface area contributed by atoms with Crippen LogP contribution in [0.4, 0.5) is 4.79 Å². The molecule has 3 nitrogen and oxygen atoms in total. The third-order valence-corrected chi connectivity index (χ3v) is 7.70. The highest BCUT2D eigenvalue weighted by Gasteiger charge is 2.33. The van der Waals surface area contributed by atoms with E-state index in [4.69, 9.17) is 4.43 Å². The lowest BCUT2D eigenvalue weighted by molar-refractivity contribution is 0.156. The van der Waals surface area contributed by atoms with Crippen molar-refractivity contribution in [2.75, 3.05) is 13.1 Å². The summed E-state index contributed by atoms with van der Waals surface area (Å²) in [6.07, 6.45) is 1.57. The van der Waals surface area contributed by atoms with Crippen LogP contribution in [-0.2, 0) is 4.43 Å². The van der Waals surface area contributed by atoms with Crippen molar-refractivity contribution in [2.24, 2.45) is 0 Å². The lowest BCUT2D eigenvalue weighted by atomic mass is 10.5. The average molecular weight is 243 g/mol. The fourth-order valence-electron chi connectivity index (χ4n) is 1.70. The maximum Gasteiger partial charge on any atom is 0.396 e. The van der Waals surface area contributed by atoms with Gasteiger partial charge in [0, 0.05) is 13.1 Å². The molecule has 0 aromatic carbocycles. The zero-order valence-corrected chi connectivity index (χ0v) is 12.1. The van der Waals surface area contributed by atoms with Gasteiger partial charge in [0.15, 0.2) is 0 Å². The van der Waals surface area contributed by atoms with Crippen LogP contribution in [0.2, 0.25) is 18.1 Å². The van der Waals surface area contributed by atoms with E-state index in [0.29, 0.717) is 13.1 Å². The zero-order chi connectivity index (χ0) is 12.6. The smallest absolute Gasteiger partial charge is 0.396 e. The van der Waals surface area contributed by atoms with E-state index >= 15 is 0 Å². The Balaban J connectivity index is 4.54. The summed E-state index contributed by atoms with van der Waals surface area (Å²) in [5.74, 6) is 0. The Bertz CT molecular complexity index is 219. The van der Waals surface area contributed by atoms with Crippen molar-refractivity contribution in [3.8, 4) is 0 Å². The summed E-state index contributed by atoms with van der Waals surface area (Å²) in [6, 6.07) is 2.99. The third kappa shape index (κ3) is 4.00. The number of rotatable bonds is 7. The van der Waals surface area contributed by atoms with E-state index in [1.807, 2.05) is 6.92 Å². The molecule has 0 N–H and O–H groups in total. The molecule has 0 radical (unpaired) electrons. The molecule has 0 aromatic heterocycles. The van der Waals surface area contributed by atoms with Crippen LogP contribution in [-0.4, -0.2) is 32.4 Å². The molecule has 0 saturated heterocycles. The second kappa shape index (κ2) is 7.49. The van der Waals surface area contributed by atoms with Gasteiger partial charge in [-0.1, -0.05) is 26.8 Å². The van der Waals surface area contributed by atoms with Gasteiger partial charge >= 0.3 is 6.09 Å². The highest BCUT2D eigenvalue weighted by molar-refractivity contribution is 6.74. The molecule has 0 unspecified atom stereocenters. The molecule has 0 fully saturated rings. The topological polar surface area (TPSA) is 29.5 Å². The van der Waals surface area contributed by atoms with Crippen molar-refractivity contribution >= 4 is 14.4 Å². The van der Waals surface area contributed by atoms with E-state index in [9.17, 15) is 4.79 Å². The Morgan fingerprint density at radius 1 is 1.25 bits per heavy atom. The average Bonchev–Trinajstić information content (AvgIpc) is 2.33. The number of nitrogens with zero attached hydrogens (tertiary/aromatic N) is 1. The molecule has 94 valence electrons. The molecule has 0 aromatic rings. The van der Waals surface area contributed by atoms with Gasteiger partial charge in [-0.05, 0) is 25.1 Å². The largest absolute Gasteiger partial charge is 0.503 e. The molecule has 0 saturated carbocycles. The van der Waals surface area contributed by atoms with Crippen LogP contribution in [0.15, 0.2) is 12.7 Å². The summed E-state index contributed by atoms with van der Waals surface area (Å²) in [5, 5.41) is 0. The van der Waals surface area contributed by atoms with Crippen molar-refractivity contribution in [1.29, 1.82) is 0 Å². The number of carbonyl (C=O) groups excluding carboxylic acids is 1. The fraction of sp³-hybridized carbons (Fsp3) is 0.750. The minimum atomic E-state index is -1.81. The van der Waals surface area contributed by atoms with Crippen LogP contribution >= 0.6 is 0 Å². The lowest BCUT2D eigenvalue weighted by Crippen LogP contribution is -2.43. The molecule has 0 heterocycles. The van der Waals surface area contributed by atoms with Gasteiger partial charge in [-0.3, -0.25) is 0 Å². The molecule has 0 aliphatic carbocycles. The van der Waals surface area contributed by atoms with Crippen LogP contribution in [0.25, 0.3) is 0 Å². The normalized spacial score (nSPS) is 11.0. The summed E-state index contributed by atoms with van der Waals surface area (Å²) in [4.78, 5) is 13.6. The summed E-state index contributed by atoms with van der Waals surface area (Å²) < 4.78 is 5.77. The van der Waals surface area contributed by atoms with E-state index in [1.54, 1.807) is 11.0 Å². The van der Waals surface area contributed by atoms with Gasteiger partial charge in [-0.15, -0.1) is 6.58 Å². The standard InChI is InChI=1S/C12H25NO2Si/c1-6-11-13(7-2)12(14)15-16(8-3,9-4)10-5/h6H,1,7-11H2,2-5H3. The Hall–Kier alpha value is -0.773. The molecule has 4 heteroatoms. The molecular weight excluding hydrogens is 218 g/mol. The molecule has 0 bridgehead atoms. The summed E-state index contributed by atoms with van der Waals surface area (Å²) >= 11 is 0. The van der Waals surface area contributed by atoms with Crippen molar-refractivity contribution in [1.82, 2.24) is 4.90 Å². The van der Waals surface area contributed by atoms with Crippen molar-refractivity contribution < 1.29 is 9.22 Å². The first kappa shape index (κ1) is 15.2. The first-order chi connectivity index (χ1) is 7.59. The molecule has 0 aliphatic rings. The van der Waals surface area contributed by atoms with Gasteiger partial charge in [-0.2, -0.15) is 0 Å². The second-order valence-corrected chi connectivity index (χ2v) is 8.63. The first-order valence-electron chi connectivity index (χ1n) is 6.17. The van der Waals surface area contributed by atoms with Gasteiger partial charge in [-0.25, -0.2) is 4.79 Å². The van der Waals surface area contributed by atoms with Crippen molar-refractivity contribution in [2.45, 2.75) is 45.8 Å². The van der Waals surface area contributed by atoms with Gasteiger partial charge in [0.25, 0.3) is 8.32 Å². The Labute approximate surface area is 101 Å². The summed E-state index contributed by atoms with van der Waals surface area (Å²) in [5.41, 5.74) is 0. The highest BCUT2D eigenvalue weighted by atomic mass is 28.4. The maximum absolute atomic E-state index is 11.9. The van der Waals surface area contributed by atoms with E-state index in [2.05, 4.69) is 27.4 Å².